The molecule has 0 bridgehead atoms. The normalized spacial score (nSPS) is 25.9. The first-order valence-electron chi connectivity index (χ1n) is 12.1. The van der Waals surface area contributed by atoms with Crippen LogP contribution in [0.15, 0.2) is 34.2 Å². The maximum atomic E-state index is 14.6. The summed E-state index contributed by atoms with van der Waals surface area (Å²) < 4.78 is 96.6. The van der Waals surface area contributed by atoms with Gasteiger partial charge in [-0.2, -0.15) is 13.2 Å². The highest BCUT2D eigenvalue weighted by molar-refractivity contribution is 7.90. The Morgan fingerprint density at radius 3 is 2.21 bits per heavy atom. The van der Waals surface area contributed by atoms with E-state index >= 15 is 0 Å². The number of piperidine rings is 2. The van der Waals surface area contributed by atoms with Gasteiger partial charge in [-0.1, -0.05) is 6.08 Å². The number of sulfone groups is 1. The van der Waals surface area contributed by atoms with Crippen molar-refractivity contribution in [2.45, 2.75) is 60.9 Å². The van der Waals surface area contributed by atoms with Crippen LogP contribution < -0.4 is 5.32 Å². The molecule has 2 heterocycles. The highest BCUT2D eigenvalue weighted by Crippen LogP contribution is 2.37. The van der Waals surface area contributed by atoms with E-state index in [1.54, 1.807) is 17.1 Å². The van der Waals surface area contributed by atoms with Crippen LogP contribution in [0.25, 0.3) is 0 Å². The average Bonchev–Trinajstić information content (AvgIpc) is 2.81. The molecule has 4 rings (SSSR count). The third-order valence-electron chi connectivity index (χ3n) is 7.22. The molecule has 14 heteroatoms. The van der Waals surface area contributed by atoms with Crippen LogP contribution >= 0.6 is 0 Å². The SMILES string of the molecule is CO/C(=N\C1(N2CCC(N3CCC[C@H](Nc4c(F)cc(S(C)(=O)=O)cc4F)C3=O)CC2)C=CC1)C(F)(F)F. The number of benzene rings is 1. The van der Waals surface area contributed by atoms with E-state index in [-0.39, 0.29) is 11.9 Å². The van der Waals surface area contributed by atoms with Gasteiger partial charge in [0.2, 0.25) is 5.91 Å². The number of carbonyl (C=O) groups excluding carboxylic acids is 1. The number of rotatable bonds is 6. The summed E-state index contributed by atoms with van der Waals surface area (Å²) in [6.07, 6.45) is 1.68. The number of alkyl halides is 3. The average molecular weight is 565 g/mol. The van der Waals surface area contributed by atoms with E-state index < -0.39 is 55.8 Å². The van der Waals surface area contributed by atoms with Crippen molar-refractivity contribution in [1.82, 2.24) is 9.80 Å². The van der Waals surface area contributed by atoms with Gasteiger partial charge in [0, 0.05) is 38.4 Å². The van der Waals surface area contributed by atoms with Gasteiger partial charge in [-0.3, -0.25) is 9.69 Å². The first-order valence-corrected chi connectivity index (χ1v) is 14.0. The molecule has 1 aromatic rings. The van der Waals surface area contributed by atoms with Crippen LogP contribution in [0.3, 0.4) is 0 Å². The van der Waals surface area contributed by atoms with E-state index in [1.165, 1.54) is 0 Å². The Morgan fingerprint density at radius 2 is 1.74 bits per heavy atom. The van der Waals surface area contributed by atoms with E-state index in [1.807, 2.05) is 4.90 Å². The molecular weight excluding hydrogens is 535 g/mol. The van der Waals surface area contributed by atoms with Gasteiger partial charge in [-0.15, -0.1) is 0 Å². The van der Waals surface area contributed by atoms with Crippen LogP contribution in [0.5, 0.6) is 0 Å². The number of amides is 1. The fourth-order valence-electron chi connectivity index (χ4n) is 5.15. The molecule has 0 saturated carbocycles. The lowest BCUT2D eigenvalue weighted by molar-refractivity contribution is -0.138. The maximum Gasteiger partial charge on any atom is 0.468 e. The van der Waals surface area contributed by atoms with Crippen LogP contribution in [0.2, 0.25) is 0 Å². The van der Waals surface area contributed by atoms with E-state index in [2.05, 4.69) is 15.0 Å². The molecule has 38 heavy (non-hydrogen) atoms. The standard InChI is InChI=1S/C24H29F5N4O4S/c1-37-22(24(27,28)29)31-23(8-4-9-23)32-11-6-15(7-12-32)33-10-3-5-19(21(33)34)30-20-17(25)13-16(14-18(20)26)38(2,35)36/h4,8,13-15,19,30H,3,5-7,9-12H2,1-2H3/b31-22-/t19-,23?/m0/s1. The van der Waals surface area contributed by atoms with E-state index in [0.29, 0.717) is 63.9 Å². The van der Waals surface area contributed by atoms with Crippen molar-refractivity contribution in [3.8, 4) is 0 Å². The largest absolute Gasteiger partial charge is 0.478 e. The van der Waals surface area contributed by atoms with Crippen LogP contribution in [0.4, 0.5) is 27.6 Å². The number of aliphatic imine (C=N–C) groups is 1. The number of carbonyl (C=O) groups is 1. The van der Waals surface area contributed by atoms with Crippen molar-refractivity contribution < 1.29 is 39.9 Å². The monoisotopic (exact) mass is 564 g/mol. The zero-order chi connectivity index (χ0) is 27.9. The molecule has 0 radical (unpaired) electrons. The Bertz CT molecular complexity index is 1220. The van der Waals surface area contributed by atoms with Gasteiger partial charge in [0.05, 0.1) is 12.0 Å². The molecule has 2 saturated heterocycles. The van der Waals surface area contributed by atoms with Crippen LogP contribution in [-0.4, -0.2) is 86.9 Å². The number of anilines is 1. The minimum absolute atomic E-state index is 0.194. The van der Waals surface area contributed by atoms with Crippen LogP contribution in [0.1, 0.15) is 32.1 Å². The molecule has 2 aliphatic heterocycles. The first-order chi connectivity index (χ1) is 17.7. The molecule has 0 spiro atoms. The van der Waals surface area contributed by atoms with E-state index in [9.17, 15) is 35.2 Å². The van der Waals surface area contributed by atoms with Crippen LogP contribution in [-0.2, 0) is 19.4 Å². The van der Waals surface area contributed by atoms with Crippen molar-refractivity contribution in [3.05, 3.63) is 35.9 Å². The summed E-state index contributed by atoms with van der Waals surface area (Å²) >= 11 is 0. The molecule has 2 atom stereocenters. The lowest BCUT2D eigenvalue weighted by Gasteiger charge is -2.48. The Labute approximate surface area is 217 Å². The number of nitrogens with one attached hydrogen (secondary N) is 1. The van der Waals surface area contributed by atoms with Gasteiger partial charge >= 0.3 is 6.18 Å². The smallest absolute Gasteiger partial charge is 0.468 e. The Hall–Kier alpha value is -2.74. The van der Waals surface area contributed by atoms with Crippen molar-refractivity contribution in [2.24, 2.45) is 4.99 Å². The second-order valence-corrected chi connectivity index (χ2v) is 11.7. The number of hydrogen-bond donors (Lipinski definition) is 1. The minimum atomic E-state index is -4.71. The molecule has 0 aromatic heterocycles. The van der Waals surface area contributed by atoms with Crippen molar-refractivity contribution >= 4 is 27.3 Å². The fourth-order valence-corrected chi connectivity index (χ4v) is 5.79. The number of ether oxygens (including phenoxy) is 1. The molecular formula is C24H29F5N4O4S. The number of likely N-dealkylation sites (tertiary alicyclic amines) is 2. The Balaban J connectivity index is 1.43. The minimum Gasteiger partial charge on any atom is -0.478 e. The van der Waals surface area contributed by atoms with Crippen molar-refractivity contribution in [2.75, 3.05) is 38.3 Å². The highest BCUT2D eigenvalue weighted by Gasteiger charge is 2.46. The van der Waals surface area contributed by atoms with Gasteiger partial charge in [-0.25, -0.2) is 22.2 Å². The predicted molar refractivity (Wildman–Crippen MR) is 129 cm³/mol. The van der Waals surface area contributed by atoms with Gasteiger partial charge in [0.1, 0.15) is 17.4 Å². The zero-order valence-corrected chi connectivity index (χ0v) is 21.7. The highest BCUT2D eigenvalue weighted by atomic mass is 32.2. The summed E-state index contributed by atoms with van der Waals surface area (Å²) in [5, 5.41) is 2.61. The fraction of sp³-hybridized carbons (Fsp3) is 0.583. The summed E-state index contributed by atoms with van der Waals surface area (Å²) in [6.45, 7) is 1.24. The summed E-state index contributed by atoms with van der Waals surface area (Å²) in [5.74, 6) is -3.86. The number of nitrogens with zero attached hydrogens (tertiary/aromatic N) is 3. The predicted octanol–water partition coefficient (Wildman–Crippen LogP) is 3.50. The van der Waals surface area contributed by atoms with Crippen molar-refractivity contribution in [1.29, 1.82) is 0 Å². The zero-order valence-electron chi connectivity index (χ0n) is 20.9. The third-order valence-corrected chi connectivity index (χ3v) is 8.31. The van der Waals surface area contributed by atoms with E-state index in [4.69, 9.17) is 0 Å². The summed E-state index contributed by atoms with van der Waals surface area (Å²) in [4.78, 5) is 20.1. The number of halogens is 5. The molecule has 210 valence electrons. The number of hydrogen-bond acceptors (Lipinski definition) is 7. The van der Waals surface area contributed by atoms with Crippen molar-refractivity contribution in [3.63, 3.8) is 0 Å². The Kier molecular flexibility index (Phi) is 7.77. The second-order valence-electron chi connectivity index (χ2n) is 9.73. The lowest BCUT2D eigenvalue weighted by atomic mass is 9.89. The molecule has 8 nitrogen and oxygen atoms in total. The molecule has 1 aromatic carbocycles. The molecule has 1 amide bonds. The van der Waals surface area contributed by atoms with E-state index in [0.717, 1.165) is 13.4 Å². The quantitative estimate of drug-likeness (QED) is 0.246. The molecule has 1 unspecified atom stereocenters. The Morgan fingerprint density at radius 1 is 1.13 bits per heavy atom. The second kappa shape index (κ2) is 10.4. The van der Waals surface area contributed by atoms with Gasteiger partial charge in [0.25, 0.3) is 5.90 Å². The number of methoxy groups -OCH3 is 1. The molecule has 1 aliphatic carbocycles. The molecule has 2 fully saturated rings. The summed E-state index contributed by atoms with van der Waals surface area (Å²) in [7, 11) is -2.89. The molecule has 3 aliphatic rings. The first kappa shape index (κ1) is 28.3. The van der Waals surface area contributed by atoms with Gasteiger partial charge in [0.15, 0.2) is 21.5 Å². The summed E-state index contributed by atoms with van der Waals surface area (Å²) in [5.41, 5.74) is -1.71. The molecule has 1 N–H and O–H groups in total. The summed E-state index contributed by atoms with van der Waals surface area (Å²) in [6, 6.07) is 0.321. The lowest BCUT2D eigenvalue weighted by Crippen LogP contribution is -2.58. The maximum absolute atomic E-state index is 14.6. The van der Waals surface area contributed by atoms with Gasteiger partial charge in [-0.05, 0) is 43.9 Å². The third kappa shape index (κ3) is 5.65. The van der Waals surface area contributed by atoms with Gasteiger partial charge < -0.3 is 15.0 Å². The topological polar surface area (TPSA) is 91.3 Å². The van der Waals surface area contributed by atoms with Crippen LogP contribution in [0, 0.1) is 11.6 Å².